The van der Waals surface area contributed by atoms with E-state index in [9.17, 15) is 4.79 Å². The Hall–Kier alpha value is -0.370. The SMILES string of the molecule is CCCC(=O)CCC(O)CC. The van der Waals surface area contributed by atoms with Crippen molar-refractivity contribution in [2.45, 2.75) is 52.1 Å². The molecular formula is C9H18O2. The fourth-order valence-corrected chi connectivity index (χ4v) is 0.936. The fraction of sp³-hybridized carbons (Fsp3) is 0.889. The molecule has 0 rings (SSSR count). The Balaban J connectivity index is 3.30. The van der Waals surface area contributed by atoms with Gasteiger partial charge < -0.3 is 5.11 Å². The van der Waals surface area contributed by atoms with E-state index in [1.54, 1.807) is 0 Å². The summed E-state index contributed by atoms with van der Waals surface area (Å²) in [6.07, 6.45) is 3.23. The number of carbonyl (C=O) groups excluding carboxylic acids is 1. The van der Waals surface area contributed by atoms with E-state index >= 15 is 0 Å². The first kappa shape index (κ1) is 10.6. The van der Waals surface area contributed by atoms with Crippen LogP contribution in [0.4, 0.5) is 0 Å². The zero-order chi connectivity index (χ0) is 8.69. The minimum atomic E-state index is -0.282. The zero-order valence-electron chi connectivity index (χ0n) is 7.47. The summed E-state index contributed by atoms with van der Waals surface area (Å²) in [4.78, 5) is 11.0. The van der Waals surface area contributed by atoms with Gasteiger partial charge in [0.05, 0.1) is 6.10 Å². The van der Waals surface area contributed by atoms with Gasteiger partial charge in [-0.05, 0) is 19.3 Å². The van der Waals surface area contributed by atoms with Crippen LogP contribution in [-0.2, 0) is 4.79 Å². The molecule has 0 radical (unpaired) electrons. The van der Waals surface area contributed by atoms with Gasteiger partial charge in [0.15, 0.2) is 0 Å². The van der Waals surface area contributed by atoms with Crippen LogP contribution in [0.3, 0.4) is 0 Å². The molecule has 0 bridgehead atoms. The minimum absolute atomic E-state index is 0.278. The highest BCUT2D eigenvalue weighted by Gasteiger charge is 2.04. The van der Waals surface area contributed by atoms with Gasteiger partial charge in [-0.25, -0.2) is 0 Å². The average molecular weight is 158 g/mol. The van der Waals surface area contributed by atoms with Crippen LogP contribution in [-0.4, -0.2) is 17.0 Å². The molecule has 0 heterocycles. The van der Waals surface area contributed by atoms with Gasteiger partial charge in [-0.3, -0.25) is 4.79 Å². The molecule has 66 valence electrons. The Morgan fingerprint density at radius 3 is 2.45 bits per heavy atom. The number of hydrogen-bond acceptors (Lipinski definition) is 2. The van der Waals surface area contributed by atoms with Gasteiger partial charge in [-0.15, -0.1) is 0 Å². The normalized spacial score (nSPS) is 13.0. The van der Waals surface area contributed by atoms with Crippen LogP contribution < -0.4 is 0 Å². The third kappa shape index (κ3) is 6.05. The second kappa shape index (κ2) is 6.35. The van der Waals surface area contributed by atoms with Gasteiger partial charge in [0.25, 0.3) is 0 Å². The van der Waals surface area contributed by atoms with Crippen LogP contribution >= 0.6 is 0 Å². The van der Waals surface area contributed by atoms with E-state index in [0.717, 1.165) is 12.8 Å². The van der Waals surface area contributed by atoms with Crippen molar-refractivity contribution in [1.82, 2.24) is 0 Å². The van der Waals surface area contributed by atoms with Crippen LogP contribution in [0.5, 0.6) is 0 Å². The lowest BCUT2D eigenvalue weighted by molar-refractivity contribution is -0.119. The summed E-state index contributed by atoms with van der Waals surface area (Å²) < 4.78 is 0. The summed E-state index contributed by atoms with van der Waals surface area (Å²) in [5.74, 6) is 0.278. The summed E-state index contributed by atoms with van der Waals surface area (Å²) in [7, 11) is 0. The first-order valence-electron chi connectivity index (χ1n) is 4.40. The highest BCUT2D eigenvalue weighted by Crippen LogP contribution is 2.04. The van der Waals surface area contributed by atoms with E-state index in [1.807, 2.05) is 13.8 Å². The first-order valence-corrected chi connectivity index (χ1v) is 4.40. The van der Waals surface area contributed by atoms with Crippen molar-refractivity contribution in [2.24, 2.45) is 0 Å². The largest absolute Gasteiger partial charge is 0.393 e. The summed E-state index contributed by atoms with van der Waals surface area (Å²) in [5.41, 5.74) is 0. The number of Topliss-reactive ketones (excluding diaryl/α,β-unsaturated/α-hetero) is 1. The molecule has 2 nitrogen and oxygen atoms in total. The third-order valence-electron chi connectivity index (χ3n) is 1.76. The van der Waals surface area contributed by atoms with Crippen molar-refractivity contribution in [1.29, 1.82) is 0 Å². The predicted molar refractivity (Wildman–Crippen MR) is 45.4 cm³/mol. The van der Waals surface area contributed by atoms with E-state index in [-0.39, 0.29) is 11.9 Å². The number of rotatable bonds is 6. The lowest BCUT2D eigenvalue weighted by Gasteiger charge is -2.05. The van der Waals surface area contributed by atoms with Crippen LogP contribution in [0.25, 0.3) is 0 Å². The first-order chi connectivity index (χ1) is 5.20. The van der Waals surface area contributed by atoms with E-state index in [0.29, 0.717) is 19.3 Å². The van der Waals surface area contributed by atoms with E-state index in [4.69, 9.17) is 5.11 Å². The molecule has 1 atom stereocenters. The molecule has 0 aliphatic carbocycles. The van der Waals surface area contributed by atoms with Gasteiger partial charge in [-0.1, -0.05) is 13.8 Å². The topological polar surface area (TPSA) is 37.3 Å². The standard InChI is InChI=1S/C9H18O2/c1-3-5-9(11)7-6-8(10)4-2/h8,10H,3-7H2,1-2H3. The van der Waals surface area contributed by atoms with Crippen LogP contribution in [0, 0.1) is 0 Å². The lowest BCUT2D eigenvalue weighted by atomic mass is 10.1. The number of aliphatic hydroxyl groups excluding tert-OH is 1. The molecule has 1 N–H and O–H groups in total. The molecular weight excluding hydrogens is 140 g/mol. The number of carbonyl (C=O) groups is 1. The van der Waals surface area contributed by atoms with E-state index < -0.39 is 0 Å². The van der Waals surface area contributed by atoms with Crippen molar-refractivity contribution in [2.75, 3.05) is 0 Å². The van der Waals surface area contributed by atoms with Crippen LogP contribution in [0.1, 0.15) is 46.0 Å². The zero-order valence-corrected chi connectivity index (χ0v) is 7.47. The smallest absolute Gasteiger partial charge is 0.132 e. The molecule has 0 fully saturated rings. The number of aliphatic hydroxyl groups is 1. The second-order valence-corrected chi connectivity index (χ2v) is 2.89. The molecule has 0 amide bonds. The molecule has 0 aromatic heterocycles. The molecule has 0 aliphatic rings. The van der Waals surface area contributed by atoms with Gasteiger partial charge in [0.1, 0.15) is 5.78 Å². The van der Waals surface area contributed by atoms with E-state index in [2.05, 4.69) is 0 Å². The number of hydrogen-bond donors (Lipinski definition) is 1. The quantitative estimate of drug-likeness (QED) is 0.641. The number of ketones is 1. The van der Waals surface area contributed by atoms with Crippen molar-refractivity contribution in [3.63, 3.8) is 0 Å². The second-order valence-electron chi connectivity index (χ2n) is 2.89. The monoisotopic (exact) mass is 158 g/mol. The molecule has 0 aliphatic heterocycles. The Kier molecular flexibility index (Phi) is 6.13. The lowest BCUT2D eigenvalue weighted by Crippen LogP contribution is -2.07. The fourth-order valence-electron chi connectivity index (χ4n) is 0.936. The van der Waals surface area contributed by atoms with Crippen molar-refractivity contribution < 1.29 is 9.90 Å². The van der Waals surface area contributed by atoms with Crippen molar-refractivity contribution in [3.05, 3.63) is 0 Å². The molecule has 0 saturated heterocycles. The molecule has 2 heteroatoms. The highest BCUT2D eigenvalue weighted by molar-refractivity contribution is 5.78. The van der Waals surface area contributed by atoms with Crippen molar-refractivity contribution >= 4 is 5.78 Å². The Morgan fingerprint density at radius 1 is 1.36 bits per heavy atom. The maximum atomic E-state index is 11.0. The summed E-state index contributed by atoms with van der Waals surface area (Å²) in [6, 6.07) is 0. The molecule has 11 heavy (non-hydrogen) atoms. The molecule has 0 spiro atoms. The summed E-state index contributed by atoms with van der Waals surface area (Å²) in [6.45, 7) is 3.92. The third-order valence-corrected chi connectivity index (χ3v) is 1.76. The minimum Gasteiger partial charge on any atom is -0.393 e. The Labute approximate surface area is 68.6 Å². The molecule has 0 aromatic rings. The maximum Gasteiger partial charge on any atom is 0.132 e. The van der Waals surface area contributed by atoms with Crippen molar-refractivity contribution in [3.8, 4) is 0 Å². The highest BCUT2D eigenvalue weighted by atomic mass is 16.3. The summed E-state index contributed by atoms with van der Waals surface area (Å²) in [5, 5.41) is 9.12. The average Bonchev–Trinajstić information content (AvgIpc) is 2.01. The van der Waals surface area contributed by atoms with Crippen LogP contribution in [0.2, 0.25) is 0 Å². The van der Waals surface area contributed by atoms with Gasteiger partial charge in [0, 0.05) is 12.8 Å². The van der Waals surface area contributed by atoms with Gasteiger partial charge in [0.2, 0.25) is 0 Å². The maximum absolute atomic E-state index is 11.0. The predicted octanol–water partition coefficient (Wildman–Crippen LogP) is 1.91. The van der Waals surface area contributed by atoms with Crippen LogP contribution in [0.15, 0.2) is 0 Å². The molecule has 0 aromatic carbocycles. The summed E-state index contributed by atoms with van der Waals surface area (Å²) >= 11 is 0. The molecule has 1 unspecified atom stereocenters. The van der Waals surface area contributed by atoms with E-state index in [1.165, 1.54) is 0 Å². The van der Waals surface area contributed by atoms with Gasteiger partial charge >= 0.3 is 0 Å². The Bertz CT molecular complexity index is 110. The van der Waals surface area contributed by atoms with Gasteiger partial charge in [-0.2, -0.15) is 0 Å². The molecule has 0 saturated carbocycles. The Morgan fingerprint density at radius 2 is 2.00 bits per heavy atom.